The highest BCUT2D eigenvalue weighted by Gasteiger charge is 2.36. The number of phenolic OH excluding ortho intramolecular Hbond substituents is 1. The second-order valence-electron chi connectivity index (χ2n) is 18.7. The number of likely N-dealkylation sites (N-methyl/N-ethyl adjacent to an activating group) is 1. The van der Waals surface area contributed by atoms with Crippen molar-refractivity contribution in [2.75, 3.05) is 47.0 Å². The van der Waals surface area contributed by atoms with E-state index in [1.807, 2.05) is 43.9 Å². The van der Waals surface area contributed by atoms with Crippen molar-refractivity contribution in [2.45, 2.75) is 118 Å². The van der Waals surface area contributed by atoms with Crippen LogP contribution >= 0.6 is 0 Å². The van der Waals surface area contributed by atoms with E-state index in [4.69, 9.17) is 19.2 Å². The smallest absolute Gasteiger partial charge is 0.410 e. The van der Waals surface area contributed by atoms with Gasteiger partial charge in [-0.2, -0.15) is 0 Å². The van der Waals surface area contributed by atoms with Gasteiger partial charge in [-0.1, -0.05) is 47.3 Å². The number of carbonyl (C=O) groups is 5. The third kappa shape index (κ3) is 12.1. The van der Waals surface area contributed by atoms with Crippen LogP contribution in [0.2, 0.25) is 0 Å². The highest BCUT2D eigenvalue weighted by Crippen LogP contribution is 2.42. The number of amides is 4. The summed E-state index contributed by atoms with van der Waals surface area (Å²) in [5.74, 6) is -0.898. The first-order valence-electron chi connectivity index (χ1n) is 23.1. The number of rotatable bonds is 18. The number of benzene rings is 2. The fourth-order valence-electron chi connectivity index (χ4n) is 9.50. The molecule has 0 bridgehead atoms. The molecule has 2 aromatic carbocycles. The molecule has 0 saturated carbocycles. The molecule has 3 fully saturated rings. The van der Waals surface area contributed by atoms with Gasteiger partial charge in [0, 0.05) is 74.8 Å². The Morgan fingerprint density at radius 3 is 2.51 bits per heavy atom. The molecular weight excluding hydrogens is 855 g/mol. The van der Waals surface area contributed by atoms with Gasteiger partial charge in [0.1, 0.15) is 24.4 Å². The van der Waals surface area contributed by atoms with Crippen LogP contribution in [0.25, 0.3) is 33.3 Å². The lowest BCUT2D eigenvalue weighted by molar-refractivity contribution is -0.142. The van der Waals surface area contributed by atoms with Crippen LogP contribution in [0, 0.1) is 11.3 Å². The standard InChI is InChI=1S/C44H58N6O7.C6H9NO2.CH4/c1-9-49-38-15-14-31(23-35(38)36(24-44(5,6)25-57-27-52)41(49)34-13-12-16-45-39(34)29(4)56-8)32-19-30(20-33(53)22-32)21-37(43(55)50-18-11-10-17-46-50)47-42(54)40(28(2)3)48(7)26-51;8-6-7-3-1-2-5(7)4-9-6;/h12-16,19-20,22-23,26-29,37,40,46,53H,9-11,17-18,21,24-25H2,1-8H3,(H,47,54);5H,1-4H2;1H4. The van der Waals surface area contributed by atoms with Crippen LogP contribution in [0.3, 0.4) is 0 Å². The molecule has 7 rings (SSSR count). The van der Waals surface area contributed by atoms with Gasteiger partial charge in [0.05, 0.1) is 30.1 Å². The number of cyclic esters (lactones) is 1. The van der Waals surface area contributed by atoms with Gasteiger partial charge >= 0.3 is 6.09 Å². The molecular formula is C51H71N7O9. The number of methoxy groups -OCH3 is 1. The summed E-state index contributed by atoms with van der Waals surface area (Å²) >= 11 is 0. The van der Waals surface area contributed by atoms with E-state index in [9.17, 15) is 29.1 Å². The summed E-state index contributed by atoms with van der Waals surface area (Å²) in [4.78, 5) is 69.3. The molecule has 3 N–H and O–H groups in total. The van der Waals surface area contributed by atoms with Crippen LogP contribution in [0.15, 0.2) is 54.7 Å². The summed E-state index contributed by atoms with van der Waals surface area (Å²) in [5.41, 5.74) is 9.82. The van der Waals surface area contributed by atoms with Gasteiger partial charge in [0.25, 0.3) is 12.4 Å². The van der Waals surface area contributed by atoms with E-state index in [0.29, 0.717) is 57.1 Å². The second-order valence-corrected chi connectivity index (χ2v) is 18.7. The average molecular weight is 926 g/mol. The third-order valence-electron chi connectivity index (χ3n) is 12.8. The number of aromatic hydroxyl groups is 1. The summed E-state index contributed by atoms with van der Waals surface area (Å²) < 4.78 is 18.1. The van der Waals surface area contributed by atoms with Crippen molar-refractivity contribution in [2.24, 2.45) is 11.3 Å². The zero-order valence-electron chi connectivity index (χ0n) is 39.7. The predicted octanol–water partition coefficient (Wildman–Crippen LogP) is 7.05. The van der Waals surface area contributed by atoms with Crippen molar-refractivity contribution in [3.63, 3.8) is 0 Å². The Morgan fingerprint density at radius 1 is 1.07 bits per heavy atom. The number of hydrazine groups is 1. The van der Waals surface area contributed by atoms with E-state index in [-0.39, 0.29) is 50.2 Å². The number of nitrogens with zero attached hydrogens (tertiary/aromatic N) is 5. The van der Waals surface area contributed by atoms with Gasteiger partial charge < -0.3 is 39.0 Å². The summed E-state index contributed by atoms with van der Waals surface area (Å²) in [6.45, 7) is 16.0. The van der Waals surface area contributed by atoms with E-state index >= 15 is 0 Å². The van der Waals surface area contributed by atoms with E-state index in [1.165, 1.54) is 4.90 Å². The number of nitrogens with one attached hydrogen (secondary N) is 2. The minimum absolute atomic E-state index is 0. The summed E-state index contributed by atoms with van der Waals surface area (Å²) in [6, 6.07) is 14.1. The zero-order chi connectivity index (χ0) is 47.7. The summed E-state index contributed by atoms with van der Waals surface area (Å²) in [6.07, 6.45) is 6.74. The average Bonchev–Trinajstić information content (AvgIpc) is 4.01. The quantitative estimate of drug-likeness (QED) is 0.0870. The number of phenols is 1. The van der Waals surface area contributed by atoms with E-state index in [1.54, 1.807) is 37.5 Å². The third-order valence-corrected chi connectivity index (χ3v) is 12.8. The number of hydrogen-bond acceptors (Lipinski definition) is 11. The molecule has 3 aliphatic rings. The van der Waals surface area contributed by atoms with Crippen molar-refractivity contribution in [3.05, 3.63) is 71.5 Å². The largest absolute Gasteiger partial charge is 0.508 e. The number of ether oxygens (including phenoxy) is 3. The fraction of sp³-hybridized carbons (Fsp3) is 0.529. The molecule has 16 heteroatoms. The van der Waals surface area contributed by atoms with Gasteiger partial charge in [0.15, 0.2) is 0 Å². The van der Waals surface area contributed by atoms with Crippen LogP contribution in [0.1, 0.15) is 97.6 Å². The molecule has 67 heavy (non-hydrogen) atoms. The topological polar surface area (TPSA) is 185 Å². The maximum Gasteiger partial charge on any atom is 0.410 e. The van der Waals surface area contributed by atoms with Crippen LogP contribution < -0.4 is 10.7 Å². The lowest BCUT2D eigenvalue weighted by atomic mass is 9.84. The maximum absolute atomic E-state index is 14.0. The van der Waals surface area contributed by atoms with Gasteiger partial charge in [-0.05, 0) is 111 Å². The van der Waals surface area contributed by atoms with Crippen molar-refractivity contribution in [1.29, 1.82) is 0 Å². The van der Waals surface area contributed by atoms with Crippen LogP contribution in [0.5, 0.6) is 5.75 Å². The number of hydrogen-bond donors (Lipinski definition) is 3. The molecule has 16 nitrogen and oxygen atoms in total. The first-order valence-corrected chi connectivity index (χ1v) is 23.1. The lowest BCUT2D eigenvalue weighted by Gasteiger charge is -2.33. The number of carbonyl (C=O) groups excluding carboxylic acids is 5. The molecule has 5 heterocycles. The SMILES string of the molecule is C.CCn1c(-c2cccnc2C(C)OC)c(CC(C)(C)COC=O)c2cc(-c3cc(O)cc(CC(NC(=O)C(C(C)C)N(C)C=O)C(=O)N4CCCCN4)c3)ccc21.O=C1OCC2CCCN12. The Bertz CT molecular complexity index is 2360. The molecule has 364 valence electrons. The molecule has 0 radical (unpaired) electrons. The van der Waals surface area contributed by atoms with Crippen molar-refractivity contribution < 1.29 is 43.3 Å². The number of pyridine rings is 1. The second kappa shape index (κ2) is 23.1. The lowest BCUT2D eigenvalue weighted by Crippen LogP contribution is -2.58. The minimum atomic E-state index is -0.965. The first-order chi connectivity index (χ1) is 31.6. The molecule has 4 aromatic rings. The predicted molar refractivity (Wildman–Crippen MR) is 258 cm³/mol. The number of aromatic nitrogens is 2. The Morgan fingerprint density at radius 2 is 1.85 bits per heavy atom. The Hall–Kier alpha value is -6.00. The van der Waals surface area contributed by atoms with E-state index in [2.05, 4.69) is 54.3 Å². The van der Waals surface area contributed by atoms with Gasteiger partial charge in [-0.3, -0.25) is 29.2 Å². The Kier molecular flexibility index (Phi) is 18.0. The first kappa shape index (κ1) is 52.0. The highest BCUT2D eigenvalue weighted by atomic mass is 16.6. The molecule has 2 aromatic heterocycles. The van der Waals surface area contributed by atoms with Gasteiger partial charge in [-0.25, -0.2) is 10.2 Å². The zero-order valence-corrected chi connectivity index (χ0v) is 39.7. The molecule has 0 aliphatic carbocycles. The van der Waals surface area contributed by atoms with Crippen molar-refractivity contribution in [3.8, 4) is 28.1 Å². The minimum Gasteiger partial charge on any atom is -0.508 e. The molecule has 3 aliphatic heterocycles. The monoisotopic (exact) mass is 926 g/mol. The van der Waals surface area contributed by atoms with Crippen LogP contribution in [-0.4, -0.2) is 125 Å². The molecule has 0 spiro atoms. The fourth-order valence-corrected chi connectivity index (χ4v) is 9.50. The molecule has 4 atom stereocenters. The summed E-state index contributed by atoms with van der Waals surface area (Å²) in [7, 11) is 3.22. The van der Waals surface area contributed by atoms with E-state index in [0.717, 1.165) is 76.8 Å². The van der Waals surface area contributed by atoms with Crippen molar-refractivity contribution in [1.82, 2.24) is 35.1 Å². The van der Waals surface area contributed by atoms with Crippen molar-refractivity contribution >= 4 is 41.7 Å². The maximum atomic E-state index is 14.0. The van der Waals surface area contributed by atoms with Crippen LogP contribution in [-0.2, 0) is 52.8 Å². The normalized spacial score (nSPS) is 17.1. The van der Waals surface area contributed by atoms with Gasteiger partial charge in [0.2, 0.25) is 12.3 Å². The highest BCUT2D eigenvalue weighted by molar-refractivity contribution is 5.95. The number of fused-ring (bicyclic) bond motifs is 2. The Balaban J connectivity index is 0.000000742. The molecule has 4 amide bonds. The summed E-state index contributed by atoms with van der Waals surface area (Å²) in [5, 5.41) is 16.7. The van der Waals surface area contributed by atoms with E-state index < -0.39 is 23.4 Å². The Labute approximate surface area is 395 Å². The molecule has 3 saturated heterocycles. The van der Waals surface area contributed by atoms with Gasteiger partial charge in [-0.15, -0.1) is 0 Å². The number of aryl methyl sites for hydroxylation is 1. The molecule has 4 unspecified atom stereocenters. The van der Waals surface area contributed by atoms with Crippen LogP contribution in [0.4, 0.5) is 4.79 Å².